The van der Waals surface area contributed by atoms with Gasteiger partial charge in [-0.3, -0.25) is 0 Å². The molecule has 0 amide bonds. The van der Waals surface area contributed by atoms with E-state index in [4.69, 9.17) is 14.2 Å². The summed E-state index contributed by atoms with van der Waals surface area (Å²) in [5.74, 6) is 0.315. The van der Waals surface area contributed by atoms with Crippen LogP contribution in [0.5, 0.6) is 17.2 Å². The van der Waals surface area contributed by atoms with Gasteiger partial charge in [-0.15, -0.1) is 0 Å². The van der Waals surface area contributed by atoms with Crippen molar-refractivity contribution in [1.29, 1.82) is 0 Å². The zero-order valence-corrected chi connectivity index (χ0v) is 13.5. The van der Waals surface area contributed by atoms with Crippen LogP contribution >= 0.6 is 0 Å². The fourth-order valence-electron chi connectivity index (χ4n) is 2.75. The number of hydrogen-bond acceptors (Lipinski definition) is 5. The molecule has 1 aromatic rings. The number of esters is 1. The summed E-state index contributed by atoms with van der Waals surface area (Å²) in [6.45, 7) is 4.25. The lowest BCUT2D eigenvalue weighted by Crippen LogP contribution is -2.03. The van der Waals surface area contributed by atoms with Crippen LogP contribution in [-0.2, 0) is 17.8 Å². The molecule has 0 saturated carbocycles. The SMILES string of the molecule is CCC/C(C)=C/Cc1c(O)c2c(c(OC)c1OC)COC2=O. The van der Waals surface area contributed by atoms with Gasteiger partial charge in [0.15, 0.2) is 11.5 Å². The Hall–Kier alpha value is -2.17. The minimum absolute atomic E-state index is 0.0734. The Morgan fingerprint density at radius 2 is 2.00 bits per heavy atom. The second-order valence-electron chi connectivity index (χ2n) is 5.33. The number of aromatic hydroxyl groups is 1. The number of cyclic esters (lactones) is 1. The number of allylic oxidation sites excluding steroid dienone is 2. The number of hydrogen-bond donors (Lipinski definition) is 1. The molecule has 1 N–H and O–H groups in total. The van der Waals surface area contributed by atoms with Crippen LogP contribution in [0.15, 0.2) is 11.6 Å². The van der Waals surface area contributed by atoms with Crippen LogP contribution < -0.4 is 9.47 Å². The van der Waals surface area contributed by atoms with Crippen LogP contribution in [0, 0.1) is 0 Å². The highest BCUT2D eigenvalue weighted by atomic mass is 16.5. The summed E-state index contributed by atoms with van der Waals surface area (Å²) in [5, 5.41) is 10.5. The lowest BCUT2D eigenvalue weighted by molar-refractivity contribution is 0.0532. The zero-order chi connectivity index (χ0) is 16.3. The van der Waals surface area contributed by atoms with Gasteiger partial charge in [0.25, 0.3) is 0 Å². The van der Waals surface area contributed by atoms with Gasteiger partial charge in [0.1, 0.15) is 17.9 Å². The first-order valence-corrected chi connectivity index (χ1v) is 7.36. The van der Waals surface area contributed by atoms with Gasteiger partial charge in [-0.25, -0.2) is 4.79 Å². The van der Waals surface area contributed by atoms with E-state index >= 15 is 0 Å². The van der Waals surface area contributed by atoms with Gasteiger partial charge in [-0.2, -0.15) is 0 Å². The number of phenols is 1. The van der Waals surface area contributed by atoms with Crippen molar-refractivity contribution in [3.63, 3.8) is 0 Å². The van der Waals surface area contributed by atoms with Gasteiger partial charge in [0.05, 0.1) is 19.8 Å². The van der Waals surface area contributed by atoms with Crippen molar-refractivity contribution in [3.05, 3.63) is 28.3 Å². The van der Waals surface area contributed by atoms with Crippen LogP contribution in [0.1, 0.15) is 48.2 Å². The monoisotopic (exact) mass is 306 g/mol. The predicted octanol–water partition coefficient (Wildman–Crippen LogP) is 3.37. The number of phenolic OH excluding ortho intramolecular Hbond substituents is 1. The quantitative estimate of drug-likeness (QED) is 0.645. The Kier molecular flexibility index (Phi) is 4.96. The van der Waals surface area contributed by atoms with Crippen molar-refractivity contribution in [3.8, 4) is 17.2 Å². The van der Waals surface area contributed by atoms with E-state index in [9.17, 15) is 9.90 Å². The highest BCUT2D eigenvalue weighted by Gasteiger charge is 2.34. The maximum Gasteiger partial charge on any atom is 0.342 e. The molecule has 22 heavy (non-hydrogen) atoms. The zero-order valence-electron chi connectivity index (χ0n) is 13.5. The molecule has 0 atom stereocenters. The molecule has 0 spiro atoms. The van der Waals surface area contributed by atoms with Crippen molar-refractivity contribution in [2.24, 2.45) is 0 Å². The van der Waals surface area contributed by atoms with E-state index in [0.29, 0.717) is 29.0 Å². The second-order valence-corrected chi connectivity index (χ2v) is 5.33. The molecule has 1 aromatic carbocycles. The Bertz CT molecular complexity index is 616. The topological polar surface area (TPSA) is 65.0 Å². The summed E-state index contributed by atoms with van der Waals surface area (Å²) in [4.78, 5) is 11.9. The van der Waals surface area contributed by atoms with E-state index in [2.05, 4.69) is 6.92 Å². The van der Waals surface area contributed by atoms with Crippen molar-refractivity contribution >= 4 is 5.97 Å². The van der Waals surface area contributed by atoms with E-state index in [1.165, 1.54) is 19.8 Å². The molecular formula is C17H22O5. The van der Waals surface area contributed by atoms with Gasteiger partial charge >= 0.3 is 5.97 Å². The molecule has 2 rings (SSSR count). The maximum absolute atomic E-state index is 11.9. The number of methoxy groups -OCH3 is 2. The van der Waals surface area contributed by atoms with Gasteiger partial charge in [-0.05, 0) is 19.8 Å². The predicted molar refractivity (Wildman–Crippen MR) is 82.7 cm³/mol. The Balaban J connectivity index is 2.55. The Morgan fingerprint density at radius 1 is 1.32 bits per heavy atom. The molecule has 1 aliphatic heterocycles. The molecule has 0 unspecified atom stereocenters. The summed E-state index contributed by atoms with van der Waals surface area (Å²) < 4.78 is 15.8. The molecule has 5 heteroatoms. The van der Waals surface area contributed by atoms with E-state index < -0.39 is 5.97 Å². The first-order valence-electron chi connectivity index (χ1n) is 7.36. The summed E-state index contributed by atoms with van der Waals surface area (Å²) in [6.07, 6.45) is 4.56. The van der Waals surface area contributed by atoms with E-state index in [1.54, 1.807) is 0 Å². The summed E-state index contributed by atoms with van der Waals surface area (Å²) in [6, 6.07) is 0. The molecule has 0 aromatic heterocycles. The largest absolute Gasteiger partial charge is 0.507 e. The second kappa shape index (κ2) is 6.73. The van der Waals surface area contributed by atoms with Crippen LogP contribution in [0.2, 0.25) is 0 Å². The van der Waals surface area contributed by atoms with E-state index in [1.807, 2.05) is 13.0 Å². The number of benzene rings is 1. The molecular weight excluding hydrogens is 284 g/mol. The summed E-state index contributed by atoms with van der Waals surface area (Å²) in [7, 11) is 3.04. The molecule has 0 radical (unpaired) electrons. The third-order valence-corrected chi connectivity index (χ3v) is 3.84. The summed E-state index contributed by atoms with van der Waals surface area (Å²) >= 11 is 0. The molecule has 1 aliphatic rings. The third kappa shape index (κ3) is 2.75. The highest BCUT2D eigenvalue weighted by molar-refractivity contribution is 5.98. The number of carbonyl (C=O) groups excluding carboxylic acids is 1. The number of ether oxygens (including phenoxy) is 3. The van der Waals surface area contributed by atoms with E-state index in [0.717, 1.165) is 12.8 Å². The van der Waals surface area contributed by atoms with Gasteiger partial charge in [-0.1, -0.05) is 25.0 Å². The van der Waals surface area contributed by atoms with Crippen molar-refractivity contribution in [1.82, 2.24) is 0 Å². The highest BCUT2D eigenvalue weighted by Crippen LogP contribution is 2.46. The Morgan fingerprint density at radius 3 is 2.59 bits per heavy atom. The van der Waals surface area contributed by atoms with Crippen molar-refractivity contribution < 1.29 is 24.1 Å². The van der Waals surface area contributed by atoms with Crippen molar-refractivity contribution in [2.75, 3.05) is 14.2 Å². The first-order chi connectivity index (χ1) is 10.5. The number of carbonyl (C=O) groups is 1. The van der Waals surface area contributed by atoms with Crippen LogP contribution in [-0.4, -0.2) is 25.3 Å². The minimum Gasteiger partial charge on any atom is -0.507 e. The average molecular weight is 306 g/mol. The minimum atomic E-state index is -0.524. The van der Waals surface area contributed by atoms with Crippen molar-refractivity contribution in [2.45, 2.75) is 39.7 Å². The molecule has 0 bridgehead atoms. The first kappa shape index (κ1) is 16.2. The van der Waals surface area contributed by atoms with Crippen LogP contribution in [0.25, 0.3) is 0 Å². The average Bonchev–Trinajstić information content (AvgIpc) is 2.88. The molecule has 1 heterocycles. The number of fused-ring (bicyclic) bond motifs is 1. The molecule has 120 valence electrons. The van der Waals surface area contributed by atoms with Crippen LogP contribution in [0.3, 0.4) is 0 Å². The molecule has 0 aliphatic carbocycles. The standard InChI is InChI=1S/C17H22O5/c1-5-6-10(2)7-8-11-14(18)13-12(9-22-17(13)19)16(21-4)15(11)20-3/h7,18H,5-6,8-9H2,1-4H3/b10-7+. The van der Waals surface area contributed by atoms with Gasteiger partial charge < -0.3 is 19.3 Å². The fourth-order valence-corrected chi connectivity index (χ4v) is 2.75. The normalized spacial score (nSPS) is 13.8. The van der Waals surface area contributed by atoms with Crippen LogP contribution in [0.4, 0.5) is 0 Å². The van der Waals surface area contributed by atoms with Gasteiger partial charge in [0.2, 0.25) is 0 Å². The maximum atomic E-state index is 11.9. The Labute approximate surface area is 130 Å². The lowest BCUT2D eigenvalue weighted by Gasteiger charge is -2.16. The molecule has 0 fully saturated rings. The molecule has 5 nitrogen and oxygen atoms in total. The molecule has 0 saturated heterocycles. The smallest absolute Gasteiger partial charge is 0.342 e. The fraction of sp³-hybridized carbons (Fsp3) is 0.471. The third-order valence-electron chi connectivity index (χ3n) is 3.84. The van der Waals surface area contributed by atoms with Gasteiger partial charge in [0, 0.05) is 5.56 Å². The summed E-state index contributed by atoms with van der Waals surface area (Å²) in [5.41, 5.74) is 2.51. The van der Waals surface area contributed by atoms with E-state index in [-0.39, 0.29) is 17.9 Å². The lowest BCUT2D eigenvalue weighted by atomic mass is 9.98. The number of rotatable bonds is 6.